The van der Waals surface area contributed by atoms with Crippen molar-refractivity contribution in [2.75, 3.05) is 16.4 Å². The lowest BCUT2D eigenvalue weighted by atomic mass is 9.83. The van der Waals surface area contributed by atoms with E-state index >= 15 is 0 Å². The van der Waals surface area contributed by atoms with Crippen LogP contribution in [0.1, 0.15) is 30.2 Å². The molecule has 42 heavy (non-hydrogen) atoms. The first-order valence-corrected chi connectivity index (χ1v) is 14.1. The van der Waals surface area contributed by atoms with Crippen molar-refractivity contribution in [3.63, 3.8) is 0 Å². The average molecular weight is 586 g/mol. The Hall–Kier alpha value is -4.31. The number of para-hydroxylation sites is 1. The lowest BCUT2D eigenvalue weighted by Crippen LogP contribution is -2.44. The van der Waals surface area contributed by atoms with Gasteiger partial charge < -0.3 is 15.1 Å². The Kier molecular flexibility index (Phi) is 8.82. The third-order valence-corrected chi connectivity index (χ3v) is 7.72. The number of aliphatic hydroxyl groups is 2. The van der Waals surface area contributed by atoms with Crippen LogP contribution >= 0.6 is 11.6 Å². The van der Waals surface area contributed by atoms with E-state index in [1.165, 1.54) is 0 Å². The minimum Gasteiger partial charge on any atom is -0.396 e. The van der Waals surface area contributed by atoms with E-state index in [9.17, 15) is 14.7 Å². The number of amides is 2. The molecule has 5 rings (SSSR count). The number of halogens is 1. The summed E-state index contributed by atoms with van der Waals surface area (Å²) in [6.45, 7) is 2.64. The van der Waals surface area contributed by atoms with Crippen LogP contribution in [-0.2, 0) is 34.7 Å². The molecule has 0 saturated heterocycles. The van der Waals surface area contributed by atoms with E-state index in [0.29, 0.717) is 41.3 Å². The van der Waals surface area contributed by atoms with Gasteiger partial charge in [-0.3, -0.25) is 19.2 Å². The predicted octanol–water partition coefficient (Wildman–Crippen LogP) is 4.78. The van der Waals surface area contributed by atoms with E-state index in [1.54, 1.807) is 38.9 Å². The summed E-state index contributed by atoms with van der Waals surface area (Å²) >= 11 is 6.32. The molecule has 9 nitrogen and oxygen atoms in total. The van der Waals surface area contributed by atoms with Gasteiger partial charge in [0.2, 0.25) is 6.41 Å². The van der Waals surface area contributed by atoms with Crippen molar-refractivity contribution in [1.29, 1.82) is 0 Å². The van der Waals surface area contributed by atoms with Crippen molar-refractivity contribution < 1.29 is 19.8 Å². The second-order valence-electron chi connectivity index (χ2n) is 10.2. The molecule has 1 aliphatic heterocycles. The molecule has 0 fully saturated rings. The van der Waals surface area contributed by atoms with Crippen molar-refractivity contribution in [1.82, 2.24) is 15.0 Å². The normalized spacial score (nSPS) is 17.0. The molecule has 3 aromatic carbocycles. The van der Waals surface area contributed by atoms with Crippen LogP contribution in [0.15, 0.2) is 91.1 Å². The summed E-state index contributed by atoms with van der Waals surface area (Å²) in [6.07, 6.45) is 7.39. The summed E-state index contributed by atoms with van der Waals surface area (Å²) in [5, 5.41) is 29.5. The average Bonchev–Trinajstić information content (AvgIpc) is 3.54. The Morgan fingerprint density at radius 1 is 1.07 bits per heavy atom. The number of fused-ring (bicyclic) bond motifs is 1. The molecule has 10 heteroatoms. The number of nitrogens with zero attached hydrogens (tertiary/aromatic N) is 5. The Labute approximate surface area is 249 Å². The molecule has 2 heterocycles. The lowest BCUT2D eigenvalue weighted by Gasteiger charge is -2.28. The van der Waals surface area contributed by atoms with Crippen molar-refractivity contribution in [2.45, 2.75) is 38.5 Å². The largest absolute Gasteiger partial charge is 0.396 e. The molecular formula is C32H32ClN5O4. The van der Waals surface area contributed by atoms with Crippen LogP contribution in [0, 0.1) is 5.92 Å². The Morgan fingerprint density at radius 2 is 1.81 bits per heavy atom. The van der Waals surface area contributed by atoms with Gasteiger partial charge in [0.1, 0.15) is 0 Å². The molecule has 2 atom stereocenters. The first-order chi connectivity index (χ1) is 20.3. The molecular weight excluding hydrogens is 554 g/mol. The van der Waals surface area contributed by atoms with E-state index in [2.05, 4.69) is 10.3 Å². The van der Waals surface area contributed by atoms with Crippen molar-refractivity contribution in [3.8, 4) is 0 Å². The highest BCUT2D eigenvalue weighted by atomic mass is 35.5. The molecule has 0 spiro atoms. The smallest absolute Gasteiger partial charge is 0.264 e. The first kappa shape index (κ1) is 29.2. The maximum absolute atomic E-state index is 13.9. The Morgan fingerprint density at radius 3 is 2.52 bits per heavy atom. The molecule has 1 aromatic heterocycles. The molecule has 4 aromatic rings. The highest BCUT2D eigenvalue weighted by Crippen LogP contribution is 2.46. The van der Waals surface area contributed by atoms with Gasteiger partial charge in [0.15, 0.2) is 5.60 Å². The third-order valence-electron chi connectivity index (χ3n) is 7.49. The number of hydrogen-bond donors (Lipinski definition) is 2. The van der Waals surface area contributed by atoms with Crippen LogP contribution in [0.5, 0.6) is 0 Å². The zero-order valence-corrected chi connectivity index (χ0v) is 23.9. The minimum absolute atomic E-state index is 0.0174. The summed E-state index contributed by atoms with van der Waals surface area (Å²) in [5.74, 6) is -0.966. The van der Waals surface area contributed by atoms with Gasteiger partial charge in [-0.1, -0.05) is 66.2 Å². The molecule has 0 saturated carbocycles. The molecule has 0 unspecified atom stereocenters. The Bertz CT molecular complexity index is 1570. The van der Waals surface area contributed by atoms with E-state index in [-0.39, 0.29) is 13.2 Å². The van der Waals surface area contributed by atoms with Crippen LogP contribution in [0.4, 0.5) is 17.1 Å². The quantitative estimate of drug-likeness (QED) is 0.183. The van der Waals surface area contributed by atoms with Gasteiger partial charge >= 0.3 is 0 Å². The molecule has 1 aliphatic rings. The van der Waals surface area contributed by atoms with Gasteiger partial charge in [0, 0.05) is 53.6 Å². The number of carbonyl (C=O) groups is 2. The van der Waals surface area contributed by atoms with Gasteiger partial charge in [0.05, 0.1) is 17.9 Å². The van der Waals surface area contributed by atoms with Crippen LogP contribution < -0.4 is 9.80 Å². The number of anilines is 3. The van der Waals surface area contributed by atoms with Gasteiger partial charge in [0.25, 0.3) is 5.91 Å². The number of benzene rings is 3. The molecule has 0 aliphatic carbocycles. The van der Waals surface area contributed by atoms with E-state index in [1.807, 2.05) is 73.7 Å². The first-order valence-electron chi connectivity index (χ1n) is 13.7. The summed E-state index contributed by atoms with van der Waals surface area (Å²) in [6, 6.07) is 21.9. The fourth-order valence-electron chi connectivity index (χ4n) is 5.20. The second-order valence-corrected chi connectivity index (χ2v) is 10.7. The van der Waals surface area contributed by atoms with Gasteiger partial charge in [-0.05, 0) is 54.4 Å². The van der Waals surface area contributed by atoms with Gasteiger partial charge in [-0.2, -0.15) is 0 Å². The zero-order valence-electron chi connectivity index (χ0n) is 23.2. The molecule has 2 N–H and O–H groups in total. The number of rotatable bonds is 12. The van der Waals surface area contributed by atoms with Crippen molar-refractivity contribution in [2.24, 2.45) is 5.92 Å². The van der Waals surface area contributed by atoms with Crippen molar-refractivity contribution >= 4 is 41.0 Å². The minimum atomic E-state index is -1.79. The lowest BCUT2D eigenvalue weighted by molar-refractivity contribution is -0.139. The van der Waals surface area contributed by atoms with Gasteiger partial charge in [-0.25, -0.2) is 0 Å². The van der Waals surface area contributed by atoms with E-state index in [0.717, 1.165) is 23.4 Å². The summed E-state index contributed by atoms with van der Waals surface area (Å²) in [4.78, 5) is 28.8. The summed E-state index contributed by atoms with van der Waals surface area (Å²) in [7, 11) is 0. The third kappa shape index (κ3) is 5.85. The molecule has 2 amide bonds. The van der Waals surface area contributed by atoms with Gasteiger partial charge in [-0.15, -0.1) is 5.10 Å². The highest BCUT2D eigenvalue weighted by molar-refractivity contribution is 6.31. The Balaban J connectivity index is 1.32. The van der Waals surface area contributed by atoms with Crippen molar-refractivity contribution in [3.05, 3.63) is 113 Å². The maximum Gasteiger partial charge on any atom is 0.264 e. The second kappa shape index (κ2) is 12.7. The summed E-state index contributed by atoms with van der Waals surface area (Å²) < 4.78 is 1.70. The molecule has 0 bridgehead atoms. The standard InChI is InChI=1S/C32H32ClN5O4/c1-23(7-5-6-17-36-21-26(16-18-39)34-35-36)32(42)29-19-25(33)12-15-30(29)37(31(32)41)20-24-10-13-28(14-11-24)38(22-40)27-8-3-2-4-9-27/h2-5,7-15,19,21-23,39,42H,6,16-18,20H2,1H3/b7-5+/t23-,32+/m0/s1. The maximum atomic E-state index is 13.9. The van der Waals surface area contributed by atoms with Crippen LogP contribution in [0.3, 0.4) is 0 Å². The number of carbonyl (C=O) groups excluding carboxylic acids is 2. The van der Waals surface area contributed by atoms with Crippen LogP contribution in [-0.4, -0.2) is 44.1 Å². The number of hydrogen-bond acceptors (Lipinski definition) is 6. The monoisotopic (exact) mass is 585 g/mol. The van der Waals surface area contributed by atoms with E-state index < -0.39 is 17.4 Å². The molecule has 0 radical (unpaired) electrons. The fraction of sp³-hybridized carbons (Fsp3) is 0.250. The van der Waals surface area contributed by atoms with Crippen LogP contribution in [0.2, 0.25) is 5.02 Å². The predicted molar refractivity (Wildman–Crippen MR) is 161 cm³/mol. The highest BCUT2D eigenvalue weighted by Gasteiger charge is 2.52. The van der Waals surface area contributed by atoms with E-state index in [4.69, 9.17) is 16.7 Å². The topological polar surface area (TPSA) is 112 Å². The number of allylic oxidation sites excluding steroid dienone is 1. The number of aryl methyl sites for hydroxylation is 1. The molecule has 216 valence electrons. The summed E-state index contributed by atoms with van der Waals surface area (Å²) in [5.41, 5.74) is 2.30. The van der Waals surface area contributed by atoms with Crippen LogP contribution in [0.25, 0.3) is 0 Å². The number of aliphatic hydroxyl groups excluding tert-OH is 1. The fourth-order valence-corrected chi connectivity index (χ4v) is 5.38. The zero-order chi connectivity index (χ0) is 29.7. The number of aromatic nitrogens is 3. The SMILES string of the molecule is C[C@@H](/C=C/CCn1cc(CCO)nn1)[C@]1(O)C(=O)N(Cc2ccc(N(C=O)c3ccccc3)cc2)c2ccc(Cl)cc21.